The Bertz CT molecular complexity index is 364. The molecule has 0 aliphatic rings. The molecule has 94 valence electrons. The molecule has 1 aromatic carbocycles. The SMILES string of the molecule is COCCC(COc1ccccc1O)C(=O)O. The smallest absolute Gasteiger partial charge is 0.310 e. The summed E-state index contributed by atoms with van der Waals surface area (Å²) in [5.41, 5.74) is 0. The molecule has 0 aliphatic heterocycles. The lowest BCUT2D eigenvalue weighted by Gasteiger charge is -2.13. The summed E-state index contributed by atoms with van der Waals surface area (Å²) in [5.74, 6) is -1.29. The maximum Gasteiger partial charge on any atom is 0.310 e. The second-order valence-electron chi connectivity index (χ2n) is 3.60. The topological polar surface area (TPSA) is 76.0 Å². The highest BCUT2D eigenvalue weighted by molar-refractivity contribution is 5.70. The van der Waals surface area contributed by atoms with Gasteiger partial charge in [-0.05, 0) is 18.6 Å². The lowest BCUT2D eigenvalue weighted by molar-refractivity contribution is -0.143. The molecule has 0 fully saturated rings. The first-order valence-electron chi connectivity index (χ1n) is 5.27. The third-order valence-electron chi connectivity index (χ3n) is 2.32. The number of benzene rings is 1. The summed E-state index contributed by atoms with van der Waals surface area (Å²) >= 11 is 0. The molecule has 1 aromatic rings. The molecule has 1 rings (SSSR count). The molecule has 17 heavy (non-hydrogen) atoms. The van der Waals surface area contributed by atoms with Crippen molar-refractivity contribution < 1.29 is 24.5 Å². The van der Waals surface area contributed by atoms with Gasteiger partial charge in [-0.25, -0.2) is 0 Å². The summed E-state index contributed by atoms with van der Waals surface area (Å²) in [7, 11) is 1.52. The number of aliphatic carboxylic acids is 1. The van der Waals surface area contributed by atoms with Crippen LogP contribution in [0, 0.1) is 5.92 Å². The summed E-state index contributed by atoms with van der Waals surface area (Å²) in [6, 6.07) is 6.45. The highest BCUT2D eigenvalue weighted by Crippen LogP contribution is 2.25. The number of carboxylic acids is 1. The number of carbonyl (C=O) groups is 1. The maximum atomic E-state index is 10.9. The largest absolute Gasteiger partial charge is 0.504 e. The standard InChI is InChI=1S/C12H16O5/c1-16-7-6-9(12(14)15)8-17-11-5-3-2-4-10(11)13/h2-5,9,13H,6-8H2,1H3,(H,14,15). The molecule has 0 heterocycles. The number of hydrogen-bond donors (Lipinski definition) is 2. The van der Waals surface area contributed by atoms with Crippen molar-refractivity contribution >= 4 is 5.97 Å². The molecule has 0 saturated carbocycles. The van der Waals surface area contributed by atoms with Gasteiger partial charge in [-0.1, -0.05) is 12.1 Å². The predicted octanol–water partition coefficient (Wildman–Crippen LogP) is 1.51. The minimum atomic E-state index is -0.933. The third-order valence-corrected chi connectivity index (χ3v) is 2.32. The summed E-state index contributed by atoms with van der Waals surface area (Å²) in [6.07, 6.45) is 0.374. The molecule has 0 saturated heterocycles. The molecule has 0 amide bonds. The van der Waals surface area contributed by atoms with E-state index in [-0.39, 0.29) is 18.1 Å². The average Bonchev–Trinajstić information content (AvgIpc) is 2.31. The molecule has 0 bridgehead atoms. The van der Waals surface area contributed by atoms with Crippen LogP contribution in [0.15, 0.2) is 24.3 Å². The van der Waals surface area contributed by atoms with Gasteiger partial charge in [0.25, 0.3) is 0 Å². The van der Waals surface area contributed by atoms with E-state index in [1.807, 2.05) is 0 Å². The maximum absolute atomic E-state index is 10.9. The molecule has 1 atom stereocenters. The third kappa shape index (κ3) is 4.32. The van der Waals surface area contributed by atoms with Gasteiger partial charge in [-0.3, -0.25) is 4.79 Å². The summed E-state index contributed by atoms with van der Waals surface area (Å²) in [4.78, 5) is 10.9. The van der Waals surface area contributed by atoms with Crippen LogP contribution in [-0.4, -0.2) is 36.5 Å². The molecule has 2 N–H and O–H groups in total. The van der Waals surface area contributed by atoms with Crippen LogP contribution in [0.3, 0.4) is 0 Å². The number of carboxylic acid groups (broad SMARTS) is 1. The van der Waals surface area contributed by atoms with Crippen molar-refractivity contribution in [2.75, 3.05) is 20.3 Å². The van der Waals surface area contributed by atoms with E-state index < -0.39 is 11.9 Å². The number of aromatic hydroxyl groups is 1. The molecule has 0 aromatic heterocycles. The summed E-state index contributed by atoms with van der Waals surface area (Å²) in [6.45, 7) is 0.372. The molecular formula is C12H16O5. The molecule has 0 radical (unpaired) electrons. The van der Waals surface area contributed by atoms with Gasteiger partial charge in [-0.2, -0.15) is 0 Å². The second kappa shape index (κ2) is 6.75. The predicted molar refractivity (Wildman–Crippen MR) is 61.2 cm³/mol. The van der Waals surface area contributed by atoms with Crippen molar-refractivity contribution in [3.8, 4) is 11.5 Å². The first-order chi connectivity index (χ1) is 8.15. The number of phenols is 1. The van der Waals surface area contributed by atoms with Crippen LogP contribution >= 0.6 is 0 Å². The lowest BCUT2D eigenvalue weighted by Crippen LogP contribution is -2.23. The van der Waals surface area contributed by atoms with Gasteiger partial charge in [0.2, 0.25) is 0 Å². The van der Waals surface area contributed by atoms with Crippen molar-refractivity contribution in [1.82, 2.24) is 0 Å². The molecular weight excluding hydrogens is 224 g/mol. The lowest BCUT2D eigenvalue weighted by atomic mass is 10.1. The summed E-state index contributed by atoms with van der Waals surface area (Å²) < 4.78 is 10.1. The number of hydrogen-bond acceptors (Lipinski definition) is 4. The van der Waals surface area contributed by atoms with Crippen LogP contribution in [0.2, 0.25) is 0 Å². The van der Waals surface area contributed by atoms with E-state index in [0.717, 1.165) is 0 Å². The van der Waals surface area contributed by atoms with E-state index in [1.165, 1.54) is 13.2 Å². The Balaban J connectivity index is 2.52. The molecule has 5 heteroatoms. The number of methoxy groups -OCH3 is 1. The minimum absolute atomic E-state index is 0.00313. The van der Waals surface area contributed by atoms with Crippen LogP contribution in [0.1, 0.15) is 6.42 Å². The van der Waals surface area contributed by atoms with Gasteiger partial charge >= 0.3 is 5.97 Å². The molecule has 5 nitrogen and oxygen atoms in total. The Kier molecular flexibility index (Phi) is 5.29. The Morgan fingerprint density at radius 3 is 2.71 bits per heavy atom. The normalized spacial score (nSPS) is 12.1. The Morgan fingerprint density at radius 1 is 1.41 bits per heavy atom. The number of para-hydroxylation sites is 2. The Morgan fingerprint density at radius 2 is 2.12 bits per heavy atom. The number of phenolic OH excluding ortho intramolecular Hbond substituents is 1. The Labute approximate surface area is 99.6 Å². The second-order valence-corrected chi connectivity index (χ2v) is 3.60. The van der Waals surface area contributed by atoms with Gasteiger partial charge in [0.05, 0.1) is 5.92 Å². The van der Waals surface area contributed by atoms with E-state index in [1.54, 1.807) is 18.2 Å². The summed E-state index contributed by atoms with van der Waals surface area (Å²) in [5, 5.41) is 18.4. The van der Waals surface area contributed by atoms with E-state index in [4.69, 9.17) is 14.6 Å². The van der Waals surface area contributed by atoms with E-state index in [2.05, 4.69) is 0 Å². The van der Waals surface area contributed by atoms with Gasteiger partial charge in [0.15, 0.2) is 11.5 Å². The monoisotopic (exact) mass is 240 g/mol. The van der Waals surface area contributed by atoms with Gasteiger partial charge in [-0.15, -0.1) is 0 Å². The fourth-order valence-corrected chi connectivity index (χ4v) is 1.31. The van der Waals surface area contributed by atoms with E-state index >= 15 is 0 Å². The zero-order chi connectivity index (χ0) is 12.7. The van der Waals surface area contributed by atoms with Gasteiger partial charge in [0.1, 0.15) is 6.61 Å². The van der Waals surface area contributed by atoms with Gasteiger partial charge in [0, 0.05) is 13.7 Å². The van der Waals surface area contributed by atoms with E-state index in [9.17, 15) is 9.90 Å². The van der Waals surface area contributed by atoms with Crippen molar-refractivity contribution in [2.45, 2.75) is 6.42 Å². The van der Waals surface area contributed by atoms with Crippen LogP contribution in [-0.2, 0) is 9.53 Å². The number of ether oxygens (including phenoxy) is 2. The Hall–Kier alpha value is -1.75. The highest BCUT2D eigenvalue weighted by atomic mass is 16.5. The zero-order valence-electron chi connectivity index (χ0n) is 9.63. The first kappa shape index (κ1) is 13.3. The highest BCUT2D eigenvalue weighted by Gasteiger charge is 2.18. The zero-order valence-corrected chi connectivity index (χ0v) is 9.63. The van der Waals surface area contributed by atoms with Crippen molar-refractivity contribution in [2.24, 2.45) is 5.92 Å². The van der Waals surface area contributed by atoms with Crippen molar-refractivity contribution in [3.05, 3.63) is 24.3 Å². The van der Waals surface area contributed by atoms with Crippen LogP contribution in [0.5, 0.6) is 11.5 Å². The quantitative estimate of drug-likeness (QED) is 0.755. The molecule has 1 unspecified atom stereocenters. The van der Waals surface area contributed by atoms with Crippen LogP contribution < -0.4 is 4.74 Å². The van der Waals surface area contributed by atoms with Crippen molar-refractivity contribution in [3.63, 3.8) is 0 Å². The first-order valence-corrected chi connectivity index (χ1v) is 5.27. The average molecular weight is 240 g/mol. The number of rotatable bonds is 7. The fourth-order valence-electron chi connectivity index (χ4n) is 1.31. The van der Waals surface area contributed by atoms with Crippen molar-refractivity contribution in [1.29, 1.82) is 0 Å². The van der Waals surface area contributed by atoms with Crippen LogP contribution in [0.25, 0.3) is 0 Å². The fraction of sp³-hybridized carbons (Fsp3) is 0.417. The minimum Gasteiger partial charge on any atom is -0.504 e. The van der Waals surface area contributed by atoms with Gasteiger partial charge < -0.3 is 19.7 Å². The van der Waals surface area contributed by atoms with E-state index in [0.29, 0.717) is 13.0 Å². The van der Waals surface area contributed by atoms with Crippen LogP contribution in [0.4, 0.5) is 0 Å². The molecule has 0 aliphatic carbocycles. The molecule has 0 spiro atoms.